The molecule has 0 bridgehead atoms. The number of rotatable bonds is 14. The lowest BCUT2D eigenvalue weighted by Gasteiger charge is -2.16. The number of alkyl halides is 21. The number of aliphatic hydroxyl groups excluding tert-OH is 1. The molecule has 0 fully saturated rings. The Morgan fingerprint density at radius 2 is 0.797 bits per heavy atom. The third kappa shape index (κ3) is 20.8. The largest absolute Gasteiger partial charge is 0.491 e. The summed E-state index contributed by atoms with van der Waals surface area (Å²) in [5.74, 6) is -15.5. The summed E-state index contributed by atoms with van der Waals surface area (Å²) in [5, 5.41) is 37.0. The average Bonchev–Trinajstić information content (AvgIpc) is 1.64. The molecule has 0 radical (unpaired) electrons. The fourth-order valence-electron chi connectivity index (χ4n) is 10.3. The number of aromatic nitrogens is 11. The van der Waals surface area contributed by atoms with Crippen LogP contribution in [0.15, 0.2) is 164 Å². The number of benzene rings is 6. The molecule has 25 nitrogen and oxygen atoms in total. The monoisotopic (exact) mass is 1840 g/mol. The van der Waals surface area contributed by atoms with Crippen LogP contribution in [0.25, 0.3) is 96.3 Å². The van der Waals surface area contributed by atoms with Crippen molar-refractivity contribution in [2.45, 2.75) is 49.5 Å². The van der Waals surface area contributed by atoms with Crippen LogP contribution in [0.1, 0.15) is 45.1 Å². The molecule has 6 N–H and O–H groups in total. The molecular weight excluding hydrogens is 1810 g/mol. The average molecular weight is 1840 g/mol. The van der Waals surface area contributed by atoms with E-state index in [2.05, 4.69) is 50.1 Å². The van der Waals surface area contributed by atoms with E-state index in [1.807, 2.05) is 0 Å². The summed E-state index contributed by atoms with van der Waals surface area (Å²) < 4.78 is 379. The SMILES string of the molecule is Fc1cccc(-n2cc(-c3onc(-c4c(F)cccc4Cl)c3-c3nnc(C(F)(F)F)o3)c(C(F)(F)F)n2)c1.NNC(=O)c1c(-c2c(F)cccc2Cl)noc1-c1cn(-c2cccc(F)c2)nc1C(F)(F)F.O=C(NNC(O)c1c(-c2c(F)cccc2Cl)noc1-c1cn(-c2cccc(F)c2)nc1C(F)(F)F)C(F)(F)F.O=C(OC(=O)C(F)(F)F)C(F)(F)F. The minimum atomic E-state index is -5.62. The Kier molecular flexibility index (Phi) is 26.5. The lowest BCUT2D eigenvalue weighted by molar-refractivity contribution is -0.221. The van der Waals surface area contributed by atoms with Crippen LogP contribution in [0.5, 0.6) is 0 Å². The predicted octanol–water partition coefficient (Wildman–Crippen LogP) is 18.5. The predicted molar refractivity (Wildman–Crippen MR) is 359 cm³/mol. The van der Waals surface area contributed by atoms with Gasteiger partial charge in [0, 0.05) is 18.6 Å². The fourth-order valence-corrected chi connectivity index (χ4v) is 11.0. The summed E-state index contributed by atoms with van der Waals surface area (Å²) in [4.78, 5) is 43.0. The zero-order valence-electron chi connectivity index (χ0n) is 58.4. The van der Waals surface area contributed by atoms with Gasteiger partial charge in [0.15, 0.2) is 40.6 Å². The second-order valence-electron chi connectivity index (χ2n) is 23.5. The van der Waals surface area contributed by atoms with Gasteiger partial charge < -0.3 is 27.8 Å². The number of hydrogen-bond acceptors (Lipinski definition) is 20. The van der Waals surface area contributed by atoms with Gasteiger partial charge in [0.1, 0.15) is 63.1 Å². The molecule has 6 aromatic carbocycles. The van der Waals surface area contributed by atoms with Gasteiger partial charge in [0.25, 0.3) is 11.8 Å². The number of aliphatic hydroxyl groups is 1. The van der Waals surface area contributed by atoms with Gasteiger partial charge in [-0.15, -0.1) is 10.2 Å². The van der Waals surface area contributed by atoms with Gasteiger partial charge in [0.05, 0.1) is 71.1 Å². The maximum absolute atomic E-state index is 14.7. The van der Waals surface area contributed by atoms with Crippen LogP contribution in [0.2, 0.25) is 15.1 Å². The van der Waals surface area contributed by atoms with E-state index in [9.17, 15) is 143 Å². The van der Waals surface area contributed by atoms with E-state index in [4.69, 9.17) is 54.2 Å². The van der Waals surface area contributed by atoms with Crippen LogP contribution in [-0.4, -0.2) is 102 Å². The highest BCUT2D eigenvalue weighted by Crippen LogP contribution is 2.49. The van der Waals surface area contributed by atoms with Gasteiger partial charge >= 0.3 is 67.0 Å². The third-order valence-electron chi connectivity index (χ3n) is 15.4. The Morgan fingerprint density at radius 3 is 1.16 bits per heavy atom. The summed E-state index contributed by atoms with van der Waals surface area (Å²) in [6.45, 7) is 0. The van der Waals surface area contributed by atoms with Crippen LogP contribution in [0.4, 0.5) is 119 Å². The van der Waals surface area contributed by atoms with Crippen LogP contribution in [-0.2, 0) is 43.8 Å². The van der Waals surface area contributed by atoms with E-state index in [0.717, 1.165) is 89.4 Å². The Hall–Kier alpha value is -13.3. The number of halogens is 30. The number of nitrogens with two attached hydrogens (primary N) is 1. The molecule has 123 heavy (non-hydrogen) atoms. The fraction of sp³-hybridized carbons (Fsp3) is 0.118. The van der Waals surface area contributed by atoms with Crippen LogP contribution >= 0.6 is 34.8 Å². The molecule has 0 aliphatic rings. The minimum absolute atomic E-state index is 0.0338. The first-order valence-corrected chi connectivity index (χ1v) is 33.1. The van der Waals surface area contributed by atoms with Crippen LogP contribution in [0.3, 0.4) is 0 Å². The van der Waals surface area contributed by atoms with E-state index in [1.165, 1.54) is 66.7 Å². The molecule has 7 heterocycles. The summed E-state index contributed by atoms with van der Waals surface area (Å²) in [7, 11) is 0. The topological polar surface area (TPSA) is 330 Å². The summed E-state index contributed by atoms with van der Waals surface area (Å²) >= 11 is 18.1. The molecule has 13 aromatic rings. The number of carbonyl (C=O) groups excluding carboxylic acids is 4. The quantitative estimate of drug-likeness (QED) is 0.0128. The van der Waals surface area contributed by atoms with Crippen molar-refractivity contribution in [1.29, 1.82) is 0 Å². The van der Waals surface area contributed by atoms with Gasteiger partial charge in [-0.05, 0) is 91.0 Å². The number of esters is 2. The number of nitrogens with one attached hydrogen (secondary N) is 3. The number of nitrogens with zero attached hydrogens (tertiary/aromatic N) is 11. The molecule has 0 aliphatic heterocycles. The van der Waals surface area contributed by atoms with E-state index in [0.29, 0.717) is 9.36 Å². The summed E-state index contributed by atoms with van der Waals surface area (Å²) in [6.07, 6.45) is -37.2. The molecule has 0 saturated carbocycles. The van der Waals surface area contributed by atoms with Crippen molar-refractivity contribution >= 4 is 58.6 Å². The Morgan fingerprint density at radius 1 is 0.439 bits per heavy atom. The molecule has 7 aromatic heterocycles. The zero-order valence-corrected chi connectivity index (χ0v) is 60.7. The maximum atomic E-state index is 14.7. The highest BCUT2D eigenvalue weighted by atomic mass is 35.5. The Balaban J connectivity index is 0.000000180. The van der Waals surface area contributed by atoms with E-state index < -0.39 is 216 Å². The standard InChI is InChI=1S/C22H12ClF8N5O3.C22H8ClF8N5O2.C20H11ClF5N5O2.C4F6O3/c23-12-5-2-6-13(25)14(12)16-15(19(37)32-33-20(38)22(29,30)31)17(39-35-16)11-8-36(34-18(11)21(26,27)28)10-4-1-3-9(24)7-10;23-12-5-2-6-13(25)14(12)16-15(19-32-33-20(37-19)22(29,30)31)17(38-35-16)11-8-36(34-18(11)21(26,27)28)10-4-1-3-9(24)7-10;21-12-5-2-6-13(23)14(12)16-15(19(32)28-27)17(33-30-16)11-8-31(29-18(11)20(24,25)26)10-4-1-3-9(22)7-10;5-3(6,7)1(11)13-2(12)4(8,9)10/h1-8,19,32,37H,(H,33,38);1-8H;1-8H,27H2,(H,28,32);. The summed E-state index contributed by atoms with van der Waals surface area (Å²) in [5.41, 5.74) is -8.45. The van der Waals surface area contributed by atoms with Crippen molar-refractivity contribution in [3.8, 4) is 96.3 Å². The Bertz CT molecular complexity index is 6040. The lowest BCUT2D eigenvalue weighted by Crippen LogP contribution is -2.46. The van der Waals surface area contributed by atoms with Crippen molar-refractivity contribution < 1.29 is 166 Å². The normalized spacial score (nSPS) is 12.4. The zero-order chi connectivity index (χ0) is 90.9. The van der Waals surface area contributed by atoms with E-state index >= 15 is 0 Å². The van der Waals surface area contributed by atoms with E-state index in [-0.39, 0.29) is 37.7 Å². The molecule has 1 atom stereocenters. The third-order valence-corrected chi connectivity index (χ3v) is 16.3. The van der Waals surface area contributed by atoms with Gasteiger partial charge in [0.2, 0.25) is 0 Å². The smallest absolute Gasteiger partial charge is 0.412 e. The lowest BCUT2D eigenvalue weighted by atomic mass is 10.0. The number of carbonyl (C=O) groups is 4. The molecule has 0 spiro atoms. The van der Waals surface area contributed by atoms with Crippen LogP contribution in [0, 0.1) is 34.9 Å². The molecule has 0 aliphatic carbocycles. The number of hydrogen-bond donors (Lipinski definition) is 5. The molecule has 13 rings (SSSR count). The highest BCUT2D eigenvalue weighted by Gasteiger charge is 2.50. The van der Waals surface area contributed by atoms with Crippen molar-refractivity contribution in [3.63, 3.8) is 0 Å². The first kappa shape index (κ1) is 92.0. The van der Waals surface area contributed by atoms with Gasteiger partial charge in [-0.1, -0.05) is 86.7 Å². The van der Waals surface area contributed by atoms with E-state index in [1.54, 1.807) is 10.9 Å². The summed E-state index contributed by atoms with van der Waals surface area (Å²) in [6, 6.07) is 23.5. The van der Waals surface area contributed by atoms with Crippen molar-refractivity contribution in [2.75, 3.05) is 0 Å². The second-order valence-corrected chi connectivity index (χ2v) is 24.8. The maximum Gasteiger partial charge on any atom is 0.491 e. The number of nitrogen functional groups attached to an aromatic ring is 1. The molecule has 0 saturated heterocycles. The first-order valence-electron chi connectivity index (χ1n) is 31.9. The minimum Gasteiger partial charge on any atom is -0.412 e. The van der Waals surface area contributed by atoms with Gasteiger partial charge in [-0.2, -0.15) is 107 Å². The number of hydrazine groups is 2. The highest BCUT2D eigenvalue weighted by molar-refractivity contribution is 6.34. The number of amides is 2. The first-order chi connectivity index (χ1) is 57.2. The van der Waals surface area contributed by atoms with Gasteiger partial charge in [-0.3, -0.25) is 20.4 Å². The molecule has 2 amide bonds. The van der Waals surface area contributed by atoms with Crippen molar-refractivity contribution in [2.24, 2.45) is 5.84 Å². The number of ether oxygens (including phenoxy) is 1. The molecule has 1 unspecified atom stereocenters. The molecule has 648 valence electrons. The van der Waals surface area contributed by atoms with Crippen molar-refractivity contribution in [1.82, 2.24) is 71.3 Å². The Labute approximate surface area is 674 Å². The van der Waals surface area contributed by atoms with Gasteiger partial charge in [-0.25, -0.2) is 61.2 Å². The second kappa shape index (κ2) is 35.4. The van der Waals surface area contributed by atoms with Crippen LogP contribution < -0.4 is 22.1 Å². The van der Waals surface area contributed by atoms with Crippen molar-refractivity contribution in [3.05, 3.63) is 230 Å². The molecular formula is C68H31Cl3F27N15O10. The molecule has 55 heteroatoms.